The number of anilines is 1. The number of thiazole rings is 1. The van der Waals surface area contributed by atoms with Crippen LogP contribution in [0.2, 0.25) is 0 Å². The minimum atomic E-state index is -0.955. The first kappa shape index (κ1) is 18.9. The first-order chi connectivity index (χ1) is 12.0. The summed E-state index contributed by atoms with van der Waals surface area (Å²) < 4.78 is 5.39. The van der Waals surface area contributed by atoms with Crippen LogP contribution in [-0.4, -0.2) is 54.2 Å². The zero-order chi connectivity index (χ0) is 18.2. The lowest BCUT2D eigenvalue weighted by molar-refractivity contribution is -0.136. The molecule has 0 fully saturated rings. The molecular formula is C17H21N3O4S. The molecule has 0 aliphatic heterocycles. The SMILES string of the molecule is CN(C)CCN(C(=O)OCc1ccccc1)c1nc(CC(=O)O)cs1. The number of aromatic nitrogens is 1. The zero-order valence-electron chi connectivity index (χ0n) is 14.2. The second-order valence-electron chi connectivity index (χ2n) is 5.69. The number of likely N-dealkylation sites (N-methyl/N-ethyl adjacent to an activating group) is 1. The van der Waals surface area contributed by atoms with Crippen molar-refractivity contribution >= 4 is 28.5 Å². The monoisotopic (exact) mass is 363 g/mol. The van der Waals surface area contributed by atoms with Crippen molar-refractivity contribution in [2.45, 2.75) is 13.0 Å². The molecule has 0 bridgehead atoms. The Kier molecular flexibility index (Phi) is 6.91. The lowest BCUT2D eigenvalue weighted by Gasteiger charge is -2.21. The van der Waals surface area contributed by atoms with Gasteiger partial charge in [-0.25, -0.2) is 9.78 Å². The van der Waals surface area contributed by atoms with E-state index in [0.29, 0.717) is 23.9 Å². The molecule has 8 heteroatoms. The Morgan fingerprint density at radius 3 is 2.56 bits per heavy atom. The van der Waals surface area contributed by atoms with E-state index in [9.17, 15) is 9.59 Å². The van der Waals surface area contributed by atoms with E-state index in [1.807, 2.05) is 49.3 Å². The summed E-state index contributed by atoms with van der Waals surface area (Å²) in [6.07, 6.45) is -0.668. The highest BCUT2D eigenvalue weighted by atomic mass is 32.1. The number of ether oxygens (including phenoxy) is 1. The minimum absolute atomic E-state index is 0.170. The molecule has 0 unspecified atom stereocenters. The average molecular weight is 363 g/mol. The number of aliphatic carboxylic acids is 1. The molecule has 1 heterocycles. The molecule has 25 heavy (non-hydrogen) atoms. The molecule has 1 aromatic carbocycles. The fourth-order valence-electron chi connectivity index (χ4n) is 2.02. The van der Waals surface area contributed by atoms with Crippen molar-refractivity contribution in [1.29, 1.82) is 0 Å². The molecule has 7 nitrogen and oxygen atoms in total. The maximum atomic E-state index is 12.5. The molecule has 0 saturated heterocycles. The van der Waals surface area contributed by atoms with Gasteiger partial charge in [0, 0.05) is 18.5 Å². The van der Waals surface area contributed by atoms with Gasteiger partial charge in [0.1, 0.15) is 6.61 Å². The quantitative estimate of drug-likeness (QED) is 0.776. The van der Waals surface area contributed by atoms with Crippen molar-refractivity contribution < 1.29 is 19.4 Å². The van der Waals surface area contributed by atoms with E-state index in [-0.39, 0.29) is 13.0 Å². The molecule has 134 valence electrons. The fraction of sp³-hybridized carbons (Fsp3) is 0.353. The average Bonchev–Trinajstić information content (AvgIpc) is 3.01. The first-order valence-corrected chi connectivity index (χ1v) is 8.63. The van der Waals surface area contributed by atoms with E-state index >= 15 is 0 Å². The third kappa shape index (κ3) is 6.17. The molecule has 1 aromatic heterocycles. The number of hydrogen-bond acceptors (Lipinski definition) is 6. The van der Waals surface area contributed by atoms with E-state index in [2.05, 4.69) is 4.98 Å². The highest BCUT2D eigenvalue weighted by molar-refractivity contribution is 7.14. The van der Waals surface area contributed by atoms with E-state index in [1.165, 1.54) is 16.2 Å². The summed E-state index contributed by atoms with van der Waals surface area (Å²) in [5, 5.41) is 11.0. The van der Waals surface area contributed by atoms with Crippen LogP contribution in [0.25, 0.3) is 0 Å². The third-order valence-corrected chi connectivity index (χ3v) is 4.21. The molecular weight excluding hydrogens is 342 g/mol. The minimum Gasteiger partial charge on any atom is -0.481 e. The van der Waals surface area contributed by atoms with Gasteiger partial charge in [-0.1, -0.05) is 30.3 Å². The summed E-state index contributed by atoms with van der Waals surface area (Å²) >= 11 is 1.23. The molecule has 1 N–H and O–H groups in total. The van der Waals surface area contributed by atoms with Crippen LogP contribution in [-0.2, 0) is 22.6 Å². The standard InChI is InChI=1S/C17H21N3O4S/c1-19(2)8-9-20(16-18-14(12-25-16)10-15(21)22)17(23)24-11-13-6-4-3-5-7-13/h3-7,12H,8-11H2,1-2H3,(H,21,22). The largest absolute Gasteiger partial charge is 0.481 e. The Labute approximate surface area is 150 Å². The molecule has 2 rings (SSSR count). The Morgan fingerprint density at radius 2 is 1.92 bits per heavy atom. The van der Waals surface area contributed by atoms with Crippen molar-refractivity contribution in [2.24, 2.45) is 0 Å². The lowest BCUT2D eigenvalue weighted by Crippen LogP contribution is -2.37. The summed E-state index contributed by atoms with van der Waals surface area (Å²) in [5.74, 6) is -0.955. The van der Waals surface area contributed by atoms with Gasteiger partial charge in [-0.3, -0.25) is 9.69 Å². The molecule has 1 amide bonds. The molecule has 2 aromatic rings. The van der Waals surface area contributed by atoms with Gasteiger partial charge in [0.2, 0.25) is 0 Å². The molecule has 0 atom stereocenters. The normalized spacial score (nSPS) is 10.7. The Bertz CT molecular complexity index is 703. The highest BCUT2D eigenvalue weighted by Crippen LogP contribution is 2.22. The topological polar surface area (TPSA) is 83.0 Å². The number of benzene rings is 1. The van der Waals surface area contributed by atoms with Crippen LogP contribution >= 0.6 is 11.3 Å². The van der Waals surface area contributed by atoms with Crippen LogP contribution in [0.3, 0.4) is 0 Å². The van der Waals surface area contributed by atoms with Crippen molar-refractivity contribution in [2.75, 3.05) is 32.1 Å². The van der Waals surface area contributed by atoms with Crippen LogP contribution < -0.4 is 4.90 Å². The number of carbonyl (C=O) groups excluding carboxylic acids is 1. The Hall–Kier alpha value is -2.45. The number of rotatable bonds is 8. The third-order valence-electron chi connectivity index (χ3n) is 3.30. The summed E-state index contributed by atoms with van der Waals surface area (Å²) in [6, 6.07) is 9.42. The Morgan fingerprint density at radius 1 is 1.20 bits per heavy atom. The number of carbonyl (C=O) groups is 2. The second-order valence-corrected chi connectivity index (χ2v) is 6.52. The summed E-state index contributed by atoms with van der Waals surface area (Å²) in [5.41, 5.74) is 1.33. The van der Waals surface area contributed by atoms with E-state index in [1.54, 1.807) is 5.38 Å². The lowest BCUT2D eigenvalue weighted by atomic mass is 10.2. The van der Waals surface area contributed by atoms with Crippen LogP contribution in [0.1, 0.15) is 11.3 Å². The molecule has 0 aliphatic rings. The van der Waals surface area contributed by atoms with Crippen molar-refractivity contribution in [3.05, 3.63) is 47.0 Å². The zero-order valence-corrected chi connectivity index (χ0v) is 15.0. The van der Waals surface area contributed by atoms with Crippen LogP contribution in [0.5, 0.6) is 0 Å². The number of hydrogen-bond donors (Lipinski definition) is 1. The van der Waals surface area contributed by atoms with Gasteiger partial charge in [-0.05, 0) is 19.7 Å². The highest BCUT2D eigenvalue weighted by Gasteiger charge is 2.21. The number of amides is 1. The van der Waals surface area contributed by atoms with Gasteiger partial charge in [0.05, 0.1) is 12.1 Å². The van der Waals surface area contributed by atoms with Gasteiger partial charge in [-0.15, -0.1) is 11.3 Å². The van der Waals surface area contributed by atoms with Crippen LogP contribution in [0.4, 0.5) is 9.93 Å². The smallest absolute Gasteiger partial charge is 0.416 e. The second kappa shape index (κ2) is 9.14. The summed E-state index contributed by atoms with van der Waals surface area (Å²) in [6.45, 7) is 1.21. The first-order valence-electron chi connectivity index (χ1n) is 7.75. The van der Waals surface area contributed by atoms with Gasteiger partial charge in [0.25, 0.3) is 0 Å². The van der Waals surface area contributed by atoms with Gasteiger partial charge < -0.3 is 14.7 Å². The summed E-state index contributed by atoms with van der Waals surface area (Å²) in [7, 11) is 3.82. The van der Waals surface area contributed by atoms with Crippen molar-refractivity contribution in [3.8, 4) is 0 Å². The molecule has 0 spiro atoms. The van der Waals surface area contributed by atoms with Crippen molar-refractivity contribution in [3.63, 3.8) is 0 Å². The van der Waals surface area contributed by atoms with Gasteiger partial charge in [0.15, 0.2) is 5.13 Å². The van der Waals surface area contributed by atoms with Gasteiger partial charge >= 0.3 is 12.1 Å². The van der Waals surface area contributed by atoms with Crippen LogP contribution in [0, 0.1) is 0 Å². The predicted octanol–water partition coefficient (Wildman–Crippen LogP) is 2.48. The predicted molar refractivity (Wildman–Crippen MR) is 96.0 cm³/mol. The van der Waals surface area contributed by atoms with Crippen LogP contribution in [0.15, 0.2) is 35.7 Å². The Balaban J connectivity index is 2.07. The van der Waals surface area contributed by atoms with E-state index < -0.39 is 12.1 Å². The van der Waals surface area contributed by atoms with Gasteiger partial charge in [-0.2, -0.15) is 0 Å². The molecule has 0 saturated carbocycles. The number of nitrogens with zero attached hydrogens (tertiary/aromatic N) is 3. The number of carboxylic acids is 1. The fourth-order valence-corrected chi connectivity index (χ4v) is 2.86. The molecule has 0 radical (unpaired) electrons. The molecule has 0 aliphatic carbocycles. The maximum absolute atomic E-state index is 12.5. The maximum Gasteiger partial charge on any atom is 0.416 e. The van der Waals surface area contributed by atoms with E-state index in [0.717, 1.165) is 5.56 Å². The van der Waals surface area contributed by atoms with E-state index in [4.69, 9.17) is 9.84 Å². The number of carboxylic acid groups (broad SMARTS) is 1. The summed E-state index contributed by atoms with van der Waals surface area (Å²) in [4.78, 5) is 30.9. The van der Waals surface area contributed by atoms with Crippen molar-refractivity contribution in [1.82, 2.24) is 9.88 Å².